The molecule has 0 spiro atoms. The van der Waals surface area contributed by atoms with E-state index in [0.29, 0.717) is 0 Å². The molecular weight excluding hydrogens is 160 g/mol. The van der Waals surface area contributed by atoms with Gasteiger partial charge < -0.3 is 0 Å². The average Bonchev–Trinajstić information content (AvgIpc) is 2.53. The zero-order chi connectivity index (χ0) is 9.10. The third kappa shape index (κ3) is 2.45. The zero-order valence-electron chi connectivity index (χ0n) is 8.63. The molecule has 0 aromatic heterocycles. The van der Waals surface area contributed by atoms with E-state index in [9.17, 15) is 0 Å². The van der Waals surface area contributed by atoms with Crippen LogP contribution in [0.3, 0.4) is 0 Å². The summed E-state index contributed by atoms with van der Waals surface area (Å²) in [6.07, 6.45) is 7.93. The average molecular weight is 180 g/mol. The molecule has 1 heterocycles. The molecule has 0 bridgehead atoms. The molecule has 74 valence electrons. The first kappa shape index (κ1) is 9.04. The Balaban J connectivity index is 1.87. The highest BCUT2D eigenvalue weighted by Crippen LogP contribution is 2.23. The van der Waals surface area contributed by atoms with Crippen molar-refractivity contribution in [3.05, 3.63) is 0 Å². The lowest BCUT2D eigenvalue weighted by Crippen LogP contribution is -2.25. The Hall–Kier alpha value is -0.530. The van der Waals surface area contributed by atoms with E-state index in [4.69, 9.17) is 5.10 Å². The predicted octanol–water partition coefficient (Wildman–Crippen LogP) is 2.65. The summed E-state index contributed by atoms with van der Waals surface area (Å²) in [6.45, 7) is 4.72. The lowest BCUT2D eigenvalue weighted by molar-refractivity contribution is 0.238. The van der Waals surface area contributed by atoms with Crippen LogP contribution < -0.4 is 0 Å². The highest BCUT2D eigenvalue weighted by Gasteiger charge is 2.17. The Morgan fingerprint density at radius 3 is 2.62 bits per heavy atom. The second-order valence-electron chi connectivity index (χ2n) is 4.53. The highest BCUT2D eigenvalue weighted by molar-refractivity contribution is 5.86. The summed E-state index contributed by atoms with van der Waals surface area (Å²) in [5.74, 6) is 0.878. The summed E-state index contributed by atoms with van der Waals surface area (Å²) in [5.41, 5.74) is 1.45. The number of nitrogens with zero attached hydrogens (tertiary/aromatic N) is 2. The molecule has 1 saturated carbocycles. The molecule has 1 saturated heterocycles. The van der Waals surface area contributed by atoms with E-state index in [-0.39, 0.29) is 0 Å². The van der Waals surface area contributed by atoms with Crippen molar-refractivity contribution in [3.8, 4) is 0 Å². The second-order valence-corrected chi connectivity index (χ2v) is 4.53. The predicted molar refractivity (Wildman–Crippen MR) is 55.9 cm³/mol. The van der Waals surface area contributed by atoms with E-state index in [0.717, 1.165) is 5.92 Å². The molecule has 0 amide bonds. The van der Waals surface area contributed by atoms with Gasteiger partial charge in [0, 0.05) is 18.8 Å². The highest BCUT2D eigenvalue weighted by atomic mass is 15.5. The van der Waals surface area contributed by atoms with E-state index in [1.54, 1.807) is 0 Å². The van der Waals surface area contributed by atoms with Crippen LogP contribution in [0, 0.1) is 5.92 Å². The summed E-state index contributed by atoms with van der Waals surface area (Å²) in [5, 5.41) is 7.02. The van der Waals surface area contributed by atoms with Gasteiger partial charge in [0.15, 0.2) is 0 Å². The summed E-state index contributed by atoms with van der Waals surface area (Å²) in [7, 11) is 0. The first-order chi connectivity index (χ1) is 6.34. The maximum Gasteiger partial charge on any atom is 0.0383 e. The third-order valence-electron chi connectivity index (χ3n) is 3.13. The lowest BCUT2D eigenvalue weighted by Gasteiger charge is -2.24. The Kier molecular flexibility index (Phi) is 2.87. The van der Waals surface area contributed by atoms with Crippen LogP contribution in [0.2, 0.25) is 0 Å². The number of hydrogen-bond donors (Lipinski definition) is 0. The van der Waals surface area contributed by atoms with Gasteiger partial charge >= 0.3 is 0 Å². The lowest BCUT2D eigenvalue weighted by atomic mass is 10.1. The smallest absolute Gasteiger partial charge is 0.0383 e. The van der Waals surface area contributed by atoms with Crippen LogP contribution in [0.15, 0.2) is 5.10 Å². The Bertz CT molecular complexity index is 192. The van der Waals surface area contributed by atoms with Crippen LogP contribution in [-0.4, -0.2) is 23.8 Å². The minimum absolute atomic E-state index is 0.878. The Morgan fingerprint density at radius 2 is 2.00 bits per heavy atom. The molecule has 13 heavy (non-hydrogen) atoms. The summed E-state index contributed by atoms with van der Waals surface area (Å²) in [6, 6.07) is 0. The largest absolute Gasteiger partial charge is 0.297 e. The molecule has 1 atom stereocenters. The number of hydrogen-bond acceptors (Lipinski definition) is 2. The second kappa shape index (κ2) is 4.12. The summed E-state index contributed by atoms with van der Waals surface area (Å²) in [4.78, 5) is 0. The van der Waals surface area contributed by atoms with Crippen molar-refractivity contribution in [2.45, 2.75) is 45.4 Å². The van der Waals surface area contributed by atoms with Gasteiger partial charge in [-0.1, -0.05) is 6.92 Å². The fraction of sp³-hybridized carbons (Fsp3) is 0.909. The number of rotatable bonds is 1. The van der Waals surface area contributed by atoms with Crippen molar-refractivity contribution in [1.82, 2.24) is 5.01 Å². The molecule has 2 fully saturated rings. The van der Waals surface area contributed by atoms with Gasteiger partial charge in [-0.05, 0) is 44.4 Å². The minimum Gasteiger partial charge on any atom is -0.297 e. The van der Waals surface area contributed by atoms with Gasteiger partial charge in [0.05, 0.1) is 0 Å². The van der Waals surface area contributed by atoms with Crippen molar-refractivity contribution in [3.63, 3.8) is 0 Å². The normalized spacial score (nSPS) is 32.8. The topological polar surface area (TPSA) is 15.6 Å². The van der Waals surface area contributed by atoms with Gasteiger partial charge in [-0.2, -0.15) is 5.10 Å². The monoisotopic (exact) mass is 180 g/mol. The van der Waals surface area contributed by atoms with Crippen molar-refractivity contribution in [2.75, 3.05) is 13.1 Å². The Labute approximate surface area is 81.0 Å². The maximum absolute atomic E-state index is 4.74. The van der Waals surface area contributed by atoms with Crippen LogP contribution in [-0.2, 0) is 0 Å². The summed E-state index contributed by atoms with van der Waals surface area (Å²) >= 11 is 0. The standard InChI is InChI=1S/C11H20N2/c1-10-5-6-11(9-10)12-13-7-3-2-4-8-13/h10H,2-9H2,1H3/b12-11+. The molecule has 2 aliphatic rings. The van der Waals surface area contributed by atoms with Gasteiger partial charge in [-0.25, -0.2) is 0 Å². The molecule has 1 aliphatic carbocycles. The van der Waals surface area contributed by atoms with Crippen molar-refractivity contribution < 1.29 is 0 Å². The van der Waals surface area contributed by atoms with Gasteiger partial charge in [-0.15, -0.1) is 0 Å². The van der Waals surface area contributed by atoms with Crippen LogP contribution in [0.25, 0.3) is 0 Å². The molecule has 1 aliphatic heterocycles. The maximum atomic E-state index is 4.74. The number of hydrazone groups is 1. The van der Waals surface area contributed by atoms with Crippen LogP contribution in [0.5, 0.6) is 0 Å². The van der Waals surface area contributed by atoms with Crippen molar-refractivity contribution in [2.24, 2.45) is 11.0 Å². The Morgan fingerprint density at radius 1 is 1.23 bits per heavy atom. The van der Waals surface area contributed by atoms with Crippen LogP contribution >= 0.6 is 0 Å². The first-order valence-electron chi connectivity index (χ1n) is 5.66. The van der Waals surface area contributed by atoms with Crippen LogP contribution in [0.4, 0.5) is 0 Å². The molecule has 0 radical (unpaired) electrons. The van der Waals surface area contributed by atoms with Crippen LogP contribution in [0.1, 0.15) is 45.4 Å². The molecule has 2 heteroatoms. The number of piperidine rings is 1. The third-order valence-corrected chi connectivity index (χ3v) is 3.13. The fourth-order valence-corrected chi connectivity index (χ4v) is 2.29. The van der Waals surface area contributed by atoms with E-state index in [1.807, 2.05) is 0 Å². The molecule has 1 unspecified atom stereocenters. The molecule has 0 aromatic carbocycles. The van der Waals surface area contributed by atoms with E-state index >= 15 is 0 Å². The molecule has 2 nitrogen and oxygen atoms in total. The van der Waals surface area contributed by atoms with Gasteiger partial charge in [0.2, 0.25) is 0 Å². The first-order valence-corrected chi connectivity index (χ1v) is 5.66. The molecule has 0 N–H and O–H groups in total. The zero-order valence-corrected chi connectivity index (χ0v) is 8.63. The molecule has 2 rings (SSSR count). The fourth-order valence-electron chi connectivity index (χ4n) is 2.29. The quantitative estimate of drug-likeness (QED) is 0.605. The molecular formula is C11H20N2. The van der Waals surface area contributed by atoms with E-state index in [1.165, 1.54) is 57.3 Å². The van der Waals surface area contributed by atoms with Gasteiger partial charge in [-0.3, -0.25) is 5.01 Å². The van der Waals surface area contributed by atoms with Gasteiger partial charge in [0.25, 0.3) is 0 Å². The van der Waals surface area contributed by atoms with E-state index < -0.39 is 0 Å². The van der Waals surface area contributed by atoms with E-state index in [2.05, 4.69) is 11.9 Å². The van der Waals surface area contributed by atoms with Crippen molar-refractivity contribution >= 4 is 5.71 Å². The summed E-state index contributed by atoms with van der Waals surface area (Å²) < 4.78 is 0. The SMILES string of the molecule is CC1CC/C(=N\N2CCCCC2)C1. The van der Waals surface area contributed by atoms with Crippen molar-refractivity contribution in [1.29, 1.82) is 0 Å². The van der Waals surface area contributed by atoms with Gasteiger partial charge in [0.1, 0.15) is 0 Å². The molecule has 0 aromatic rings. The minimum atomic E-state index is 0.878.